The van der Waals surface area contributed by atoms with Crippen LogP contribution < -0.4 is 10.6 Å². The highest BCUT2D eigenvalue weighted by Crippen LogP contribution is 2.14. The number of benzene rings is 1. The normalized spacial score (nSPS) is 15.3. The molecule has 154 valence electrons. The number of aliphatic imine (C=N–C) groups is 1. The molecule has 0 spiro atoms. The van der Waals surface area contributed by atoms with Crippen LogP contribution in [0.5, 0.6) is 0 Å². The third kappa shape index (κ3) is 10.3. The number of guanidine groups is 1. The molecule has 2 rings (SSSR count). The van der Waals surface area contributed by atoms with Crippen molar-refractivity contribution in [2.24, 2.45) is 4.99 Å². The van der Waals surface area contributed by atoms with Crippen LogP contribution in [-0.2, 0) is 17.8 Å². The van der Waals surface area contributed by atoms with Crippen molar-refractivity contribution in [1.29, 1.82) is 0 Å². The molecule has 1 heterocycles. The number of hydrogen-bond acceptors (Lipinski definition) is 3. The third-order valence-corrected chi connectivity index (χ3v) is 4.60. The van der Waals surface area contributed by atoms with E-state index in [0.29, 0.717) is 6.54 Å². The number of nitrogens with zero attached hydrogens (tertiary/aromatic N) is 2. The van der Waals surface area contributed by atoms with Gasteiger partial charge in [-0.2, -0.15) is 0 Å². The van der Waals surface area contributed by atoms with Crippen molar-refractivity contribution in [3.8, 4) is 0 Å². The van der Waals surface area contributed by atoms with Gasteiger partial charge in [-0.05, 0) is 57.3 Å². The topological polar surface area (TPSA) is 48.9 Å². The molecule has 0 unspecified atom stereocenters. The first-order valence-electron chi connectivity index (χ1n) is 10.2. The summed E-state index contributed by atoms with van der Waals surface area (Å²) in [6.45, 7) is 11.7. The first-order valence-corrected chi connectivity index (χ1v) is 10.2. The molecular formula is C21H37IN4O. The van der Waals surface area contributed by atoms with Crippen LogP contribution in [0.1, 0.15) is 50.7 Å². The predicted molar refractivity (Wildman–Crippen MR) is 125 cm³/mol. The predicted octanol–water partition coefficient (Wildman–Crippen LogP) is 3.77. The van der Waals surface area contributed by atoms with Crippen LogP contribution in [-0.4, -0.2) is 50.3 Å². The fourth-order valence-electron chi connectivity index (χ4n) is 3.16. The van der Waals surface area contributed by atoms with Crippen molar-refractivity contribution in [2.75, 3.05) is 39.4 Å². The Hall–Kier alpha value is -0.860. The molecule has 0 bridgehead atoms. The molecule has 0 amide bonds. The van der Waals surface area contributed by atoms with Crippen LogP contribution in [0, 0.1) is 0 Å². The second-order valence-corrected chi connectivity index (χ2v) is 6.83. The molecule has 0 atom stereocenters. The van der Waals surface area contributed by atoms with Gasteiger partial charge >= 0.3 is 0 Å². The van der Waals surface area contributed by atoms with E-state index in [1.807, 2.05) is 6.92 Å². The number of likely N-dealkylation sites (tertiary alicyclic amines) is 1. The second-order valence-electron chi connectivity index (χ2n) is 6.83. The van der Waals surface area contributed by atoms with E-state index in [1.54, 1.807) is 0 Å². The van der Waals surface area contributed by atoms with Gasteiger partial charge in [-0.3, -0.25) is 4.90 Å². The molecule has 1 fully saturated rings. The number of piperidine rings is 1. The summed E-state index contributed by atoms with van der Waals surface area (Å²) in [6, 6.07) is 8.92. The molecule has 0 aliphatic carbocycles. The van der Waals surface area contributed by atoms with Crippen molar-refractivity contribution in [3.05, 3.63) is 35.4 Å². The van der Waals surface area contributed by atoms with Crippen molar-refractivity contribution < 1.29 is 4.74 Å². The minimum absolute atomic E-state index is 0. The highest BCUT2D eigenvalue weighted by atomic mass is 127. The van der Waals surface area contributed by atoms with Gasteiger partial charge in [0.15, 0.2) is 5.96 Å². The van der Waals surface area contributed by atoms with Gasteiger partial charge in [-0.25, -0.2) is 4.99 Å². The van der Waals surface area contributed by atoms with Crippen LogP contribution in [0.4, 0.5) is 0 Å². The van der Waals surface area contributed by atoms with E-state index in [1.165, 1.54) is 43.5 Å². The lowest BCUT2D eigenvalue weighted by atomic mass is 10.1. The fourth-order valence-corrected chi connectivity index (χ4v) is 3.16. The van der Waals surface area contributed by atoms with Gasteiger partial charge in [0.2, 0.25) is 0 Å². The van der Waals surface area contributed by atoms with E-state index in [4.69, 9.17) is 9.73 Å². The number of hydrogen-bond donors (Lipinski definition) is 2. The standard InChI is InChI=1S/C21H36N4O.HI/c1-3-22-21(23-13-8-16-26-4-2)24-17-19-9-11-20(12-10-19)18-25-14-6-5-7-15-25;/h9-12H,3-8,13-18H2,1-2H3,(H2,22,23,24);1H. The molecule has 1 saturated heterocycles. The van der Waals surface area contributed by atoms with Gasteiger partial charge in [0.1, 0.15) is 0 Å². The Kier molecular flexibility index (Phi) is 13.5. The number of nitrogens with one attached hydrogen (secondary N) is 2. The third-order valence-electron chi connectivity index (χ3n) is 4.60. The van der Waals surface area contributed by atoms with E-state index in [0.717, 1.165) is 45.2 Å². The smallest absolute Gasteiger partial charge is 0.191 e. The zero-order valence-corrected chi connectivity index (χ0v) is 19.3. The monoisotopic (exact) mass is 488 g/mol. The zero-order valence-electron chi connectivity index (χ0n) is 17.0. The van der Waals surface area contributed by atoms with E-state index < -0.39 is 0 Å². The van der Waals surface area contributed by atoms with Gasteiger partial charge in [-0.15, -0.1) is 24.0 Å². The minimum atomic E-state index is 0. The molecule has 27 heavy (non-hydrogen) atoms. The molecule has 2 N–H and O–H groups in total. The molecule has 0 aromatic heterocycles. The quantitative estimate of drug-likeness (QED) is 0.228. The summed E-state index contributed by atoms with van der Waals surface area (Å²) in [7, 11) is 0. The van der Waals surface area contributed by atoms with E-state index in [9.17, 15) is 0 Å². The molecule has 6 heteroatoms. The SMILES string of the molecule is CCNC(=NCc1ccc(CN2CCCCC2)cc1)NCCCOCC.I. The number of halogens is 1. The Morgan fingerprint density at radius 3 is 2.41 bits per heavy atom. The summed E-state index contributed by atoms with van der Waals surface area (Å²) in [5, 5.41) is 6.67. The summed E-state index contributed by atoms with van der Waals surface area (Å²) < 4.78 is 5.37. The van der Waals surface area contributed by atoms with Gasteiger partial charge in [0, 0.05) is 32.8 Å². The van der Waals surface area contributed by atoms with Crippen molar-refractivity contribution in [1.82, 2.24) is 15.5 Å². The first kappa shape index (κ1) is 24.2. The first-order chi connectivity index (χ1) is 12.8. The summed E-state index contributed by atoms with van der Waals surface area (Å²) >= 11 is 0. The molecule has 1 aliphatic heterocycles. The average molecular weight is 488 g/mol. The molecule has 5 nitrogen and oxygen atoms in total. The fraction of sp³-hybridized carbons (Fsp3) is 0.667. The second kappa shape index (κ2) is 15.1. The Bertz CT molecular complexity index is 515. The highest BCUT2D eigenvalue weighted by Gasteiger charge is 2.10. The van der Waals surface area contributed by atoms with Crippen LogP contribution >= 0.6 is 24.0 Å². The van der Waals surface area contributed by atoms with Crippen LogP contribution in [0.3, 0.4) is 0 Å². The van der Waals surface area contributed by atoms with Crippen LogP contribution in [0.15, 0.2) is 29.3 Å². The molecule has 0 saturated carbocycles. The zero-order chi connectivity index (χ0) is 18.5. The molecule has 1 aromatic rings. The van der Waals surface area contributed by atoms with Gasteiger partial charge < -0.3 is 15.4 Å². The Balaban J connectivity index is 0.00000364. The molecule has 1 aliphatic rings. The lowest BCUT2D eigenvalue weighted by Crippen LogP contribution is -2.38. The van der Waals surface area contributed by atoms with Gasteiger partial charge in [-0.1, -0.05) is 30.7 Å². The lowest BCUT2D eigenvalue weighted by molar-refractivity contribution is 0.145. The van der Waals surface area contributed by atoms with Crippen molar-refractivity contribution >= 4 is 29.9 Å². The summed E-state index contributed by atoms with van der Waals surface area (Å²) in [6.07, 6.45) is 5.07. The van der Waals surface area contributed by atoms with E-state index >= 15 is 0 Å². The molecule has 1 aromatic carbocycles. The molecule has 0 radical (unpaired) electrons. The Morgan fingerprint density at radius 2 is 1.74 bits per heavy atom. The van der Waals surface area contributed by atoms with E-state index in [-0.39, 0.29) is 24.0 Å². The Morgan fingerprint density at radius 1 is 1.04 bits per heavy atom. The van der Waals surface area contributed by atoms with Gasteiger partial charge in [0.25, 0.3) is 0 Å². The van der Waals surface area contributed by atoms with E-state index in [2.05, 4.69) is 46.7 Å². The van der Waals surface area contributed by atoms with Gasteiger partial charge in [0.05, 0.1) is 6.54 Å². The van der Waals surface area contributed by atoms with Crippen LogP contribution in [0.2, 0.25) is 0 Å². The maximum absolute atomic E-state index is 5.37. The van der Waals surface area contributed by atoms with Crippen LogP contribution in [0.25, 0.3) is 0 Å². The largest absolute Gasteiger partial charge is 0.382 e. The summed E-state index contributed by atoms with van der Waals surface area (Å²) in [5.74, 6) is 0.876. The lowest BCUT2D eigenvalue weighted by Gasteiger charge is -2.26. The minimum Gasteiger partial charge on any atom is -0.382 e. The average Bonchev–Trinajstić information content (AvgIpc) is 2.68. The molecular weight excluding hydrogens is 451 g/mol. The number of ether oxygens (including phenoxy) is 1. The van der Waals surface area contributed by atoms with Crippen molar-refractivity contribution in [2.45, 2.75) is 52.6 Å². The Labute approximate surface area is 182 Å². The maximum Gasteiger partial charge on any atom is 0.191 e. The van der Waals surface area contributed by atoms with Crippen molar-refractivity contribution in [3.63, 3.8) is 0 Å². The summed E-state index contributed by atoms with van der Waals surface area (Å²) in [4.78, 5) is 7.25. The number of rotatable bonds is 10. The maximum atomic E-state index is 5.37. The summed E-state index contributed by atoms with van der Waals surface area (Å²) in [5.41, 5.74) is 2.65. The highest BCUT2D eigenvalue weighted by molar-refractivity contribution is 14.0.